The van der Waals surface area contributed by atoms with Crippen molar-refractivity contribution in [2.45, 2.75) is 38.5 Å². The van der Waals surface area contributed by atoms with Gasteiger partial charge in [-0.15, -0.1) is 0 Å². The van der Waals surface area contributed by atoms with Gasteiger partial charge >= 0.3 is 0 Å². The molecule has 0 aromatic carbocycles. The molecular weight excluding hydrogens is 190 g/mol. The number of nitrogens with zero attached hydrogens (tertiary/aromatic N) is 1. The summed E-state index contributed by atoms with van der Waals surface area (Å²) in [7, 11) is 0. The van der Waals surface area contributed by atoms with Crippen molar-refractivity contribution in [2.24, 2.45) is 22.2 Å². The zero-order valence-corrected chi connectivity index (χ0v) is 9.21. The second-order valence-corrected chi connectivity index (χ2v) is 5.18. The third-order valence-electron chi connectivity index (χ3n) is 3.57. The number of hydrogen-bond donors (Lipinski definition) is 3. The average molecular weight is 211 g/mol. The van der Waals surface area contributed by atoms with Crippen LogP contribution in [0.4, 0.5) is 0 Å². The summed E-state index contributed by atoms with van der Waals surface area (Å²) < 4.78 is 0. The van der Waals surface area contributed by atoms with Crippen LogP contribution in [0.5, 0.6) is 0 Å². The molecule has 0 atom stereocenters. The zero-order valence-electron chi connectivity index (χ0n) is 9.21. The molecule has 0 aromatic heterocycles. The highest BCUT2D eigenvalue weighted by atomic mass is 16.4. The topological polar surface area (TPSA) is 70.6 Å². The lowest BCUT2D eigenvalue weighted by atomic mass is 10.0. The van der Waals surface area contributed by atoms with Gasteiger partial charge < -0.3 is 16.3 Å². The first kappa shape index (κ1) is 10.7. The molecule has 0 amide bonds. The first-order valence-electron chi connectivity index (χ1n) is 5.91. The summed E-state index contributed by atoms with van der Waals surface area (Å²) in [4.78, 5) is 0. The number of amidine groups is 1. The minimum Gasteiger partial charge on any atom is -0.409 e. The van der Waals surface area contributed by atoms with E-state index in [2.05, 4.69) is 10.5 Å². The molecule has 0 unspecified atom stereocenters. The van der Waals surface area contributed by atoms with Crippen LogP contribution in [0.1, 0.15) is 38.5 Å². The molecule has 0 bridgehead atoms. The molecule has 0 spiro atoms. The molecule has 0 radical (unpaired) electrons. The van der Waals surface area contributed by atoms with Crippen molar-refractivity contribution < 1.29 is 5.21 Å². The van der Waals surface area contributed by atoms with Crippen LogP contribution >= 0.6 is 0 Å². The molecule has 0 aromatic rings. The molecule has 2 fully saturated rings. The summed E-state index contributed by atoms with van der Waals surface area (Å²) in [6.07, 6.45) is 7.33. The summed E-state index contributed by atoms with van der Waals surface area (Å²) in [5.41, 5.74) is 5.84. The minimum absolute atomic E-state index is 0.305. The van der Waals surface area contributed by atoms with Crippen LogP contribution in [-0.2, 0) is 0 Å². The third-order valence-corrected chi connectivity index (χ3v) is 3.57. The van der Waals surface area contributed by atoms with Crippen LogP contribution in [0.3, 0.4) is 0 Å². The van der Waals surface area contributed by atoms with Gasteiger partial charge in [0.1, 0.15) is 5.84 Å². The van der Waals surface area contributed by atoms with Gasteiger partial charge in [0, 0.05) is 13.0 Å². The Morgan fingerprint density at radius 2 is 2.20 bits per heavy atom. The Morgan fingerprint density at radius 1 is 1.47 bits per heavy atom. The largest absolute Gasteiger partial charge is 0.409 e. The van der Waals surface area contributed by atoms with Gasteiger partial charge in [0.2, 0.25) is 0 Å². The lowest BCUT2D eigenvalue weighted by molar-refractivity contribution is 0.314. The minimum atomic E-state index is 0.305. The average Bonchev–Trinajstić information content (AvgIpc) is 3.09. The number of nitrogens with one attached hydrogen (secondary N) is 1. The van der Waals surface area contributed by atoms with Crippen molar-refractivity contribution in [1.82, 2.24) is 5.32 Å². The Kier molecular flexibility index (Phi) is 3.14. The van der Waals surface area contributed by atoms with E-state index >= 15 is 0 Å². The maximum absolute atomic E-state index is 8.52. The molecule has 4 N–H and O–H groups in total. The summed E-state index contributed by atoms with van der Waals surface area (Å²) >= 11 is 0. The van der Waals surface area contributed by atoms with Gasteiger partial charge in [-0.3, -0.25) is 0 Å². The van der Waals surface area contributed by atoms with Gasteiger partial charge in [0.25, 0.3) is 0 Å². The van der Waals surface area contributed by atoms with E-state index in [9.17, 15) is 0 Å². The van der Waals surface area contributed by atoms with Gasteiger partial charge in [-0.05, 0) is 37.1 Å². The Hall–Kier alpha value is -0.770. The molecule has 4 nitrogen and oxygen atoms in total. The molecule has 2 rings (SSSR count). The fourth-order valence-electron chi connectivity index (χ4n) is 2.08. The highest BCUT2D eigenvalue weighted by Gasteiger charge is 2.42. The van der Waals surface area contributed by atoms with Gasteiger partial charge in [-0.1, -0.05) is 18.0 Å². The van der Waals surface area contributed by atoms with E-state index in [4.69, 9.17) is 10.9 Å². The van der Waals surface area contributed by atoms with E-state index in [0.29, 0.717) is 11.3 Å². The number of rotatable bonds is 7. The summed E-state index contributed by atoms with van der Waals surface area (Å²) in [6, 6.07) is 0. The maximum Gasteiger partial charge on any atom is 0.139 e. The molecular formula is C11H21N3O. The van der Waals surface area contributed by atoms with Gasteiger partial charge in [-0.2, -0.15) is 0 Å². The highest BCUT2D eigenvalue weighted by Crippen LogP contribution is 2.48. The predicted octanol–water partition coefficient (Wildman–Crippen LogP) is 1.29. The van der Waals surface area contributed by atoms with E-state index in [0.717, 1.165) is 25.4 Å². The van der Waals surface area contributed by atoms with Crippen molar-refractivity contribution in [3.05, 3.63) is 0 Å². The Balaban J connectivity index is 1.60. The summed E-state index contributed by atoms with van der Waals surface area (Å²) in [5, 5.41) is 15.1. The number of nitrogens with two attached hydrogens (primary N) is 1. The first-order valence-corrected chi connectivity index (χ1v) is 5.91. The molecule has 2 aliphatic carbocycles. The number of oxime groups is 1. The van der Waals surface area contributed by atoms with E-state index in [1.807, 2.05) is 0 Å². The van der Waals surface area contributed by atoms with E-state index in [1.54, 1.807) is 0 Å². The lowest BCUT2D eigenvalue weighted by Gasteiger charge is -2.14. The van der Waals surface area contributed by atoms with Gasteiger partial charge in [0.05, 0.1) is 0 Å². The summed E-state index contributed by atoms with van der Waals surface area (Å²) in [5.74, 6) is 1.37. The normalized spacial score (nSPS) is 24.1. The zero-order chi connectivity index (χ0) is 10.7. The Morgan fingerprint density at radius 3 is 2.73 bits per heavy atom. The van der Waals surface area contributed by atoms with E-state index in [1.165, 1.54) is 32.1 Å². The van der Waals surface area contributed by atoms with Crippen LogP contribution in [0.15, 0.2) is 5.16 Å². The molecule has 2 aliphatic rings. The molecule has 0 saturated heterocycles. The summed E-state index contributed by atoms with van der Waals surface area (Å²) in [6.45, 7) is 2.15. The Labute approximate surface area is 90.9 Å². The van der Waals surface area contributed by atoms with Crippen LogP contribution in [0.2, 0.25) is 0 Å². The quantitative estimate of drug-likeness (QED) is 0.195. The fourth-order valence-corrected chi connectivity index (χ4v) is 2.08. The van der Waals surface area contributed by atoms with Gasteiger partial charge in [-0.25, -0.2) is 0 Å². The van der Waals surface area contributed by atoms with Crippen LogP contribution < -0.4 is 11.1 Å². The fraction of sp³-hybridized carbons (Fsp3) is 0.909. The number of hydrogen-bond acceptors (Lipinski definition) is 3. The van der Waals surface area contributed by atoms with Crippen molar-refractivity contribution in [3.63, 3.8) is 0 Å². The first-order chi connectivity index (χ1) is 7.24. The molecule has 4 heteroatoms. The Bertz CT molecular complexity index is 244. The van der Waals surface area contributed by atoms with Crippen molar-refractivity contribution in [1.29, 1.82) is 0 Å². The SMILES string of the molecule is NC(CC1(CNCCC2CC2)CC1)=NO. The van der Waals surface area contributed by atoms with Crippen LogP contribution in [0.25, 0.3) is 0 Å². The molecule has 15 heavy (non-hydrogen) atoms. The second-order valence-electron chi connectivity index (χ2n) is 5.18. The van der Waals surface area contributed by atoms with Crippen molar-refractivity contribution >= 4 is 5.84 Å². The monoisotopic (exact) mass is 211 g/mol. The molecule has 2 saturated carbocycles. The van der Waals surface area contributed by atoms with E-state index < -0.39 is 0 Å². The van der Waals surface area contributed by atoms with Crippen molar-refractivity contribution in [2.75, 3.05) is 13.1 Å². The van der Waals surface area contributed by atoms with Crippen LogP contribution in [0, 0.1) is 11.3 Å². The molecule has 86 valence electrons. The maximum atomic E-state index is 8.52. The van der Waals surface area contributed by atoms with Gasteiger partial charge in [0.15, 0.2) is 0 Å². The smallest absolute Gasteiger partial charge is 0.139 e. The molecule has 0 heterocycles. The highest BCUT2D eigenvalue weighted by molar-refractivity contribution is 5.80. The molecule has 0 aliphatic heterocycles. The second kappa shape index (κ2) is 4.39. The van der Waals surface area contributed by atoms with Crippen molar-refractivity contribution in [3.8, 4) is 0 Å². The lowest BCUT2D eigenvalue weighted by Crippen LogP contribution is -2.29. The predicted molar refractivity (Wildman–Crippen MR) is 59.9 cm³/mol. The van der Waals surface area contributed by atoms with Crippen LogP contribution in [-0.4, -0.2) is 24.1 Å². The third kappa shape index (κ3) is 3.38. The van der Waals surface area contributed by atoms with E-state index in [-0.39, 0.29) is 0 Å². The standard InChI is InChI=1S/C11H21N3O/c12-10(14-15)7-11(4-5-11)8-13-6-3-9-1-2-9/h9,13,15H,1-8H2,(H2,12,14).